The van der Waals surface area contributed by atoms with E-state index < -0.39 is 5.97 Å². The Balaban J connectivity index is 2.42. The van der Waals surface area contributed by atoms with E-state index >= 15 is 0 Å². The number of carboxylic acid groups (broad SMARTS) is 1. The van der Waals surface area contributed by atoms with E-state index in [1.165, 1.54) is 18.6 Å². The third kappa shape index (κ3) is 5.55. The predicted molar refractivity (Wildman–Crippen MR) is 72.4 cm³/mol. The predicted octanol–water partition coefficient (Wildman–Crippen LogP) is 3.65. The number of esters is 1. The summed E-state index contributed by atoms with van der Waals surface area (Å²) in [5.74, 6) is -1.34. The second-order valence-corrected chi connectivity index (χ2v) is 4.44. The third-order valence-corrected chi connectivity index (χ3v) is 2.83. The molecular formula is C15H20O4. The lowest BCUT2D eigenvalue weighted by atomic mass is 10.1. The highest BCUT2D eigenvalue weighted by molar-refractivity contribution is 5.91. The van der Waals surface area contributed by atoms with E-state index in [2.05, 4.69) is 6.92 Å². The van der Waals surface area contributed by atoms with Gasteiger partial charge in [0.25, 0.3) is 0 Å². The number of aromatic carboxylic acids is 1. The van der Waals surface area contributed by atoms with Gasteiger partial charge in [-0.1, -0.05) is 44.7 Å². The first kappa shape index (κ1) is 15.2. The van der Waals surface area contributed by atoms with Gasteiger partial charge in [0.1, 0.15) is 11.3 Å². The standard InChI is InChI=1S/C15H20O4/c1-2-3-4-5-6-11-14(16)19-13-10-8-7-9-12(13)15(17)18/h7-10H,2-6,11H2,1H3,(H,17,18). The van der Waals surface area contributed by atoms with Crippen LogP contribution in [0.3, 0.4) is 0 Å². The Kier molecular flexibility index (Phi) is 6.64. The van der Waals surface area contributed by atoms with E-state index in [9.17, 15) is 9.59 Å². The molecule has 0 aromatic heterocycles. The zero-order chi connectivity index (χ0) is 14.1. The Bertz CT molecular complexity index is 426. The highest BCUT2D eigenvalue weighted by Gasteiger charge is 2.13. The van der Waals surface area contributed by atoms with Crippen molar-refractivity contribution >= 4 is 11.9 Å². The molecule has 0 saturated heterocycles. The van der Waals surface area contributed by atoms with Crippen molar-refractivity contribution in [2.45, 2.75) is 45.4 Å². The number of hydrogen-bond donors (Lipinski definition) is 1. The first-order chi connectivity index (χ1) is 9.15. The van der Waals surface area contributed by atoms with Crippen LogP contribution in [-0.2, 0) is 4.79 Å². The lowest BCUT2D eigenvalue weighted by Gasteiger charge is -2.07. The number of ether oxygens (including phenoxy) is 1. The molecular weight excluding hydrogens is 244 g/mol. The van der Waals surface area contributed by atoms with Gasteiger partial charge in [-0.05, 0) is 18.6 Å². The van der Waals surface area contributed by atoms with Crippen molar-refractivity contribution in [3.63, 3.8) is 0 Å². The Labute approximate surface area is 113 Å². The van der Waals surface area contributed by atoms with Crippen LogP contribution in [0.15, 0.2) is 24.3 Å². The van der Waals surface area contributed by atoms with Crippen molar-refractivity contribution in [2.75, 3.05) is 0 Å². The molecule has 0 saturated carbocycles. The Morgan fingerprint density at radius 1 is 1.11 bits per heavy atom. The van der Waals surface area contributed by atoms with Gasteiger partial charge >= 0.3 is 11.9 Å². The molecule has 1 aromatic rings. The molecule has 0 atom stereocenters. The fourth-order valence-electron chi connectivity index (χ4n) is 1.78. The average Bonchev–Trinajstić information content (AvgIpc) is 2.39. The number of hydrogen-bond acceptors (Lipinski definition) is 3. The molecule has 104 valence electrons. The number of carbonyl (C=O) groups excluding carboxylic acids is 1. The maximum absolute atomic E-state index is 11.6. The summed E-state index contributed by atoms with van der Waals surface area (Å²) < 4.78 is 5.09. The number of carbonyl (C=O) groups is 2. The minimum Gasteiger partial charge on any atom is -0.478 e. The van der Waals surface area contributed by atoms with Gasteiger partial charge in [-0.15, -0.1) is 0 Å². The minimum atomic E-state index is -1.09. The Hall–Kier alpha value is -1.84. The van der Waals surface area contributed by atoms with Gasteiger partial charge in [0, 0.05) is 6.42 Å². The second kappa shape index (κ2) is 8.29. The van der Waals surface area contributed by atoms with Crippen LogP contribution in [-0.4, -0.2) is 17.0 Å². The van der Waals surface area contributed by atoms with Crippen LogP contribution in [0.25, 0.3) is 0 Å². The van der Waals surface area contributed by atoms with Crippen LogP contribution in [0, 0.1) is 0 Å². The number of carboxylic acids is 1. The van der Waals surface area contributed by atoms with Crippen molar-refractivity contribution in [3.05, 3.63) is 29.8 Å². The van der Waals surface area contributed by atoms with E-state index in [-0.39, 0.29) is 17.3 Å². The van der Waals surface area contributed by atoms with Crippen LogP contribution in [0.4, 0.5) is 0 Å². The van der Waals surface area contributed by atoms with Crippen LogP contribution < -0.4 is 4.74 Å². The van der Waals surface area contributed by atoms with Crippen molar-refractivity contribution in [2.24, 2.45) is 0 Å². The summed E-state index contributed by atoms with van der Waals surface area (Å²) in [5.41, 5.74) is 0.0156. The molecule has 1 rings (SSSR count). The third-order valence-electron chi connectivity index (χ3n) is 2.83. The molecule has 1 aromatic carbocycles. The number of para-hydroxylation sites is 1. The number of unbranched alkanes of at least 4 members (excludes halogenated alkanes) is 4. The highest BCUT2D eigenvalue weighted by atomic mass is 16.5. The van der Waals surface area contributed by atoms with E-state index in [4.69, 9.17) is 9.84 Å². The van der Waals surface area contributed by atoms with Crippen LogP contribution in [0.2, 0.25) is 0 Å². The normalized spacial score (nSPS) is 10.2. The molecule has 1 N–H and O–H groups in total. The smallest absolute Gasteiger partial charge is 0.339 e. The molecule has 0 unspecified atom stereocenters. The van der Waals surface area contributed by atoms with Gasteiger partial charge in [-0.3, -0.25) is 4.79 Å². The first-order valence-corrected chi connectivity index (χ1v) is 6.68. The van der Waals surface area contributed by atoms with Crippen LogP contribution in [0.5, 0.6) is 5.75 Å². The number of rotatable bonds is 8. The Morgan fingerprint density at radius 3 is 2.47 bits per heavy atom. The summed E-state index contributed by atoms with van der Waals surface area (Å²) in [7, 11) is 0. The molecule has 19 heavy (non-hydrogen) atoms. The zero-order valence-electron chi connectivity index (χ0n) is 11.2. The summed E-state index contributed by atoms with van der Waals surface area (Å²) in [5, 5.41) is 8.96. The van der Waals surface area contributed by atoms with Gasteiger partial charge in [0.15, 0.2) is 0 Å². The molecule has 0 bridgehead atoms. The van der Waals surface area contributed by atoms with E-state index in [1.807, 2.05) is 0 Å². The van der Waals surface area contributed by atoms with Crippen molar-refractivity contribution < 1.29 is 19.4 Å². The van der Waals surface area contributed by atoms with Gasteiger partial charge in [-0.2, -0.15) is 0 Å². The molecule has 0 amide bonds. The quantitative estimate of drug-likeness (QED) is 0.442. The average molecular weight is 264 g/mol. The Morgan fingerprint density at radius 2 is 1.79 bits per heavy atom. The van der Waals surface area contributed by atoms with Crippen LogP contribution in [0.1, 0.15) is 55.8 Å². The molecule has 0 aliphatic carbocycles. The molecule has 0 heterocycles. The molecule has 4 nitrogen and oxygen atoms in total. The van der Waals surface area contributed by atoms with Gasteiger partial charge in [-0.25, -0.2) is 4.79 Å². The summed E-state index contributed by atoms with van der Waals surface area (Å²) in [6.45, 7) is 2.14. The first-order valence-electron chi connectivity index (χ1n) is 6.68. The largest absolute Gasteiger partial charge is 0.478 e. The maximum Gasteiger partial charge on any atom is 0.339 e. The summed E-state index contributed by atoms with van der Waals surface area (Å²) in [4.78, 5) is 22.5. The van der Waals surface area contributed by atoms with Gasteiger partial charge < -0.3 is 9.84 Å². The van der Waals surface area contributed by atoms with Crippen molar-refractivity contribution in [1.29, 1.82) is 0 Å². The maximum atomic E-state index is 11.6. The van der Waals surface area contributed by atoms with Gasteiger partial charge in [0.05, 0.1) is 0 Å². The lowest BCUT2D eigenvalue weighted by molar-refractivity contribution is -0.134. The summed E-state index contributed by atoms with van der Waals surface area (Å²) >= 11 is 0. The monoisotopic (exact) mass is 264 g/mol. The molecule has 4 heteroatoms. The minimum absolute atomic E-state index is 0.0156. The SMILES string of the molecule is CCCCCCCC(=O)Oc1ccccc1C(=O)O. The second-order valence-electron chi connectivity index (χ2n) is 4.44. The summed E-state index contributed by atoms with van der Waals surface area (Å²) in [6.07, 6.45) is 5.58. The topological polar surface area (TPSA) is 63.6 Å². The lowest BCUT2D eigenvalue weighted by Crippen LogP contribution is -2.10. The van der Waals surface area contributed by atoms with Crippen molar-refractivity contribution in [3.8, 4) is 5.75 Å². The fourth-order valence-corrected chi connectivity index (χ4v) is 1.78. The fraction of sp³-hybridized carbons (Fsp3) is 0.467. The summed E-state index contributed by atoms with van der Waals surface area (Å²) in [6, 6.07) is 6.17. The molecule has 0 aliphatic rings. The molecule has 0 radical (unpaired) electrons. The van der Waals surface area contributed by atoms with E-state index in [1.54, 1.807) is 12.1 Å². The number of benzene rings is 1. The highest BCUT2D eigenvalue weighted by Crippen LogP contribution is 2.18. The van der Waals surface area contributed by atoms with E-state index in [0.29, 0.717) is 6.42 Å². The van der Waals surface area contributed by atoms with Gasteiger partial charge in [0.2, 0.25) is 0 Å². The molecule has 0 aliphatic heterocycles. The molecule has 0 spiro atoms. The molecule has 0 fully saturated rings. The van der Waals surface area contributed by atoms with Crippen molar-refractivity contribution in [1.82, 2.24) is 0 Å². The zero-order valence-corrected chi connectivity index (χ0v) is 11.2. The van der Waals surface area contributed by atoms with Crippen LogP contribution >= 0.6 is 0 Å². The van der Waals surface area contributed by atoms with E-state index in [0.717, 1.165) is 25.7 Å².